The first-order valence-electron chi connectivity index (χ1n) is 9.34. The van der Waals surface area contributed by atoms with Gasteiger partial charge in [-0.3, -0.25) is 9.59 Å². The monoisotopic (exact) mass is 370 g/mol. The molecule has 1 aliphatic rings. The Morgan fingerprint density at radius 3 is 2.69 bits per heavy atom. The predicted molar refractivity (Wildman–Crippen MR) is 105 cm³/mol. The van der Waals surface area contributed by atoms with E-state index in [0.717, 1.165) is 42.8 Å². The van der Waals surface area contributed by atoms with Crippen LogP contribution < -0.4 is 0 Å². The molecular formula is C21H26N2O2S. The number of carbonyl (C=O) groups is 2. The van der Waals surface area contributed by atoms with Crippen LogP contribution in [0.4, 0.5) is 0 Å². The Morgan fingerprint density at radius 2 is 2.00 bits per heavy atom. The molecule has 1 fully saturated rings. The standard InChI is InChI=1S/C21H26N2O2S/c1-2-12-22(15-17-8-4-3-5-9-17)20(24)18-10-6-13-23(16-18)21(25)19-11-7-14-26-19/h3-5,7-9,11,14,18H,2,6,10,12-13,15-16H2,1H3. The van der Waals surface area contributed by atoms with Crippen molar-refractivity contribution in [3.63, 3.8) is 0 Å². The summed E-state index contributed by atoms with van der Waals surface area (Å²) < 4.78 is 0. The topological polar surface area (TPSA) is 40.6 Å². The van der Waals surface area contributed by atoms with E-state index >= 15 is 0 Å². The lowest BCUT2D eigenvalue weighted by Gasteiger charge is -2.35. The van der Waals surface area contributed by atoms with Crippen LogP contribution in [0.5, 0.6) is 0 Å². The third-order valence-corrected chi connectivity index (χ3v) is 5.67. The molecule has 1 atom stereocenters. The molecule has 0 spiro atoms. The first-order valence-corrected chi connectivity index (χ1v) is 10.2. The number of benzene rings is 1. The zero-order valence-corrected chi connectivity index (χ0v) is 16.1. The normalized spacial score (nSPS) is 17.1. The van der Waals surface area contributed by atoms with Gasteiger partial charge in [-0.1, -0.05) is 43.3 Å². The number of hydrogen-bond donors (Lipinski definition) is 0. The third kappa shape index (κ3) is 4.52. The molecule has 1 unspecified atom stereocenters. The Kier molecular flexibility index (Phi) is 6.45. The average molecular weight is 371 g/mol. The van der Waals surface area contributed by atoms with E-state index in [1.54, 1.807) is 0 Å². The molecule has 3 rings (SSSR count). The number of carbonyl (C=O) groups excluding carboxylic acids is 2. The quantitative estimate of drug-likeness (QED) is 0.770. The lowest BCUT2D eigenvalue weighted by Crippen LogP contribution is -2.46. The zero-order valence-electron chi connectivity index (χ0n) is 15.3. The molecule has 2 heterocycles. The summed E-state index contributed by atoms with van der Waals surface area (Å²) in [5.41, 5.74) is 1.15. The molecule has 1 aromatic carbocycles. The Balaban J connectivity index is 1.67. The molecule has 138 valence electrons. The molecule has 1 saturated heterocycles. The van der Waals surface area contributed by atoms with Crippen molar-refractivity contribution in [2.24, 2.45) is 5.92 Å². The van der Waals surface area contributed by atoms with Gasteiger partial charge >= 0.3 is 0 Å². The maximum Gasteiger partial charge on any atom is 0.263 e. The van der Waals surface area contributed by atoms with Crippen molar-refractivity contribution in [2.45, 2.75) is 32.7 Å². The summed E-state index contributed by atoms with van der Waals surface area (Å²) in [7, 11) is 0. The van der Waals surface area contributed by atoms with Crippen LogP contribution in [0.2, 0.25) is 0 Å². The molecule has 5 heteroatoms. The molecule has 0 radical (unpaired) electrons. The summed E-state index contributed by atoms with van der Waals surface area (Å²) in [4.78, 5) is 30.3. The number of likely N-dealkylation sites (tertiary alicyclic amines) is 1. The van der Waals surface area contributed by atoms with Crippen molar-refractivity contribution >= 4 is 23.2 Å². The second-order valence-electron chi connectivity index (χ2n) is 6.81. The smallest absolute Gasteiger partial charge is 0.263 e. The van der Waals surface area contributed by atoms with Crippen molar-refractivity contribution in [3.05, 3.63) is 58.3 Å². The number of rotatable bonds is 6. The van der Waals surface area contributed by atoms with E-state index in [-0.39, 0.29) is 17.7 Å². The lowest BCUT2D eigenvalue weighted by atomic mass is 9.96. The molecule has 1 aromatic heterocycles. The summed E-state index contributed by atoms with van der Waals surface area (Å²) >= 11 is 1.46. The highest BCUT2D eigenvalue weighted by molar-refractivity contribution is 7.12. The number of amides is 2. The van der Waals surface area contributed by atoms with E-state index in [9.17, 15) is 9.59 Å². The Labute approximate surface area is 159 Å². The van der Waals surface area contributed by atoms with Crippen molar-refractivity contribution in [3.8, 4) is 0 Å². The minimum atomic E-state index is -0.0945. The van der Waals surface area contributed by atoms with E-state index in [1.807, 2.05) is 45.5 Å². The highest BCUT2D eigenvalue weighted by atomic mass is 32.1. The van der Waals surface area contributed by atoms with Crippen molar-refractivity contribution < 1.29 is 9.59 Å². The molecule has 0 bridgehead atoms. The van der Waals surface area contributed by atoms with Gasteiger partial charge in [-0.25, -0.2) is 0 Å². The van der Waals surface area contributed by atoms with Gasteiger partial charge in [0.15, 0.2) is 0 Å². The number of thiophene rings is 1. The van der Waals surface area contributed by atoms with Crippen LogP contribution in [0.25, 0.3) is 0 Å². The lowest BCUT2D eigenvalue weighted by molar-refractivity contribution is -0.137. The van der Waals surface area contributed by atoms with Crippen molar-refractivity contribution in [2.75, 3.05) is 19.6 Å². The summed E-state index contributed by atoms with van der Waals surface area (Å²) in [5, 5.41) is 1.92. The molecule has 0 aliphatic carbocycles. The average Bonchev–Trinajstić information content (AvgIpc) is 3.22. The summed E-state index contributed by atoms with van der Waals surface area (Å²) in [6.07, 6.45) is 2.68. The van der Waals surface area contributed by atoms with E-state index < -0.39 is 0 Å². The van der Waals surface area contributed by atoms with E-state index in [1.165, 1.54) is 11.3 Å². The highest BCUT2D eigenvalue weighted by Gasteiger charge is 2.31. The van der Waals surface area contributed by atoms with E-state index in [4.69, 9.17) is 0 Å². The summed E-state index contributed by atoms with van der Waals surface area (Å²) in [6.45, 7) is 4.77. The number of piperidine rings is 1. The van der Waals surface area contributed by atoms with Crippen molar-refractivity contribution in [1.29, 1.82) is 0 Å². The first-order chi connectivity index (χ1) is 12.7. The molecule has 26 heavy (non-hydrogen) atoms. The highest BCUT2D eigenvalue weighted by Crippen LogP contribution is 2.23. The fourth-order valence-corrected chi connectivity index (χ4v) is 4.21. The maximum absolute atomic E-state index is 13.1. The Morgan fingerprint density at radius 1 is 1.19 bits per heavy atom. The fourth-order valence-electron chi connectivity index (χ4n) is 3.52. The van der Waals surface area contributed by atoms with Gasteiger partial charge < -0.3 is 9.80 Å². The number of hydrogen-bond acceptors (Lipinski definition) is 3. The van der Waals surface area contributed by atoms with Crippen LogP contribution in [0.15, 0.2) is 47.8 Å². The van der Waals surface area contributed by atoms with E-state index in [2.05, 4.69) is 19.1 Å². The van der Waals surface area contributed by atoms with Crippen LogP contribution >= 0.6 is 11.3 Å². The zero-order chi connectivity index (χ0) is 18.4. The molecule has 0 saturated carbocycles. The maximum atomic E-state index is 13.1. The van der Waals surface area contributed by atoms with Gasteiger partial charge in [0.05, 0.1) is 10.8 Å². The van der Waals surface area contributed by atoms with Gasteiger partial charge in [0.1, 0.15) is 0 Å². The fraction of sp³-hybridized carbons (Fsp3) is 0.429. The summed E-state index contributed by atoms with van der Waals surface area (Å²) in [6, 6.07) is 13.9. The second kappa shape index (κ2) is 8.99. The van der Waals surface area contributed by atoms with Crippen LogP contribution in [0.3, 0.4) is 0 Å². The van der Waals surface area contributed by atoms with Gasteiger partial charge in [0.25, 0.3) is 5.91 Å². The third-order valence-electron chi connectivity index (χ3n) is 4.81. The van der Waals surface area contributed by atoms with Gasteiger partial charge in [-0.15, -0.1) is 11.3 Å². The number of nitrogens with zero attached hydrogens (tertiary/aromatic N) is 2. The van der Waals surface area contributed by atoms with Crippen molar-refractivity contribution in [1.82, 2.24) is 9.80 Å². The molecule has 4 nitrogen and oxygen atoms in total. The predicted octanol–water partition coefficient (Wildman–Crippen LogP) is 4.04. The van der Waals surface area contributed by atoms with Gasteiger partial charge in [-0.2, -0.15) is 0 Å². The molecule has 0 N–H and O–H groups in total. The molecule has 2 aromatic rings. The van der Waals surface area contributed by atoms with E-state index in [0.29, 0.717) is 13.1 Å². The summed E-state index contributed by atoms with van der Waals surface area (Å²) in [5.74, 6) is 0.143. The molecule has 2 amide bonds. The second-order valence-corrected chi connectivity index (χ2v) is 7.76. The molecule has 1 aliphatic heterocycles. The SMILES string of the molecule is CCCN(Cc1ccccc1)C(=O)C1CCCN(C(=O)c2cccs2)C1. The van der Waals surface area contributed by atoms with Gasteiger partial charge in [0, 0.05) is 26.2 Å². The first kappa shape index (κ1) is 18.6. The van der Waals surface area contributed by atoms with Crippen LogP contribution in [0, 0.1) is 5.92 Å². The Bertz CT molecular complexity index is 715. The Hall–Kier alpha value is -2.14. The van der Waals surface area contributed by atoms with Crippen LogP contribution in [-0.2, 0) is 11.3 Å². The van der Waals surface area contributed by atoms with Gasteiger partial charge in [0.2, 0.25) is 5.91 Å². The van der Waals surface area contributed by atoms with Crippen LogP contribution in [0.1, 0.15) is 41.4 Å². The largest absolute Gasteiger partial charge is 0.338 e. The van der Waals surface area contributed by atoms with Gasteiger partial charge in [-0.05, 0) is 36.3 Å². The van der Waals surface area contributed by atoms with Crippen LogP contribution in [-0.4, -0.2) is 41.2 Å². The minimum absolute atomic E-state index is 0.0580. The minimum Gasteiger partial charge on any atom is -0.338 e. The molecular weight excluding hydrogens is 344 g/mol.